The number of rotatable bonds is 2. The van der Waals surface area contributed by atoms with E-state index in [0.29, 0.717) is 12.1 Å². The van der Waals surface area contributed by atoms with E-state index in [1.807, 2.05) is 17.8 Å². The van der Waals surface area contributed by atoms with Crippen molar-refractivity contribution in [2.45, 2.75) is 36.2 Å². The van der Waals surface area contributed by atoms with Crippen molar-refractivity contribution in [3.8, 4) is 0 Å². The van der Waals surface area contributed by atoms with E-state index in [1.54, 1.807) is 0 Å². The molecule has 1 saturated carbocycles. The van der Waals surface area contributed by atoms with Crippen molar-refractivity contribution in [1.82, 2.24) is 5.32 Å². The molecule has 1 heterocycles. The molecule has 1 aliphatic heterocycles. The summed E-state index contributed by atoms with van der Waals surface area (Å²) >= 11 is 8.13. The van der Waals surface area contributed by atoms with Crippen LogP contribution in [0.1, 0.15) is 30.9 Å². The van der Waals surface area contributed by atoms with E-state index >= 15 is 0 Å². The van der Waals surface area contributed by atoms with Gasteiger partial charge < -0.3 is 5.32 Å². The van der Waals surface area contributed by atoms with Crippen LogP contribution in [0.15, 0.2) is 35.2 Å². The van der Waals surface area contributed by atoms with Gasteiger partial charge in [-0.2, -0.15) is 0 Å². The first-order chi connectivity index (χ1) is 9.31. The van der Waals surface area contributed by atoms with Gasteiger partial charge in [-0.1, -0.05) is 23.8 Å². The molecule has 19 heavy (non-hydrogen) atoms. The molecule has 4 unspecified atom stereocenters. The lowest BCUT2D eigenvalue weighted by molar-refractivity contribution is 0.148. The summed E-state index contributed by atoms with van der Waals surface area (Å²) in [5, 5.41) is 4.75. The number of nitrogens with one attached hydrogen (secondary N) is 1. The first-order valence-corrected chi connectivity index (χ1v) is 8.52. The number of thioether (sulfide) groups is 1. The van der Waals surface area contributed by atoms with Crippen molar-refractivity contribution in [3.63, 3.8) is 0 Å². The van der Waals surface area contributed by atoms with E-state index < -0.39 is 0 Å². The second-order valence-electron chi connectivity index (χ2n) is 5.88. The Hall–Kier alpha value is -0.440. The number of halogens is 1. The highest BCUT2D eigenvalue weighted by Gasteiger charge is 2.42. The van der Waals surface area contributed by atoms with Gasteiger partial charge in [0.25, 0.3) is 0 Å². The fourth-order valence-corrected chi connectivity index (χ4v) is 4.99. The van der Waals surface area contributed by atoms with Crippen LogP contribution in [-0.2, 0) is 0 Å². The number of fused-ring (bicyclic) bond motifs is 2. The second kappa shape index (κ2) is 4.83. The molecule has 1 aromatic carbocycles. The lowest BCUT2D eigenvalue weighted by Gasteiger charge is -2.43. The fourth-order valence-electron chi connectivity index (χ4n) is 3.70. The molecule has 3 heteroatoms. The zero-order valence-electron chi connectivity index (χ0n) is 10.8. The summed E-state index contributed by atoms with van der Waals surface area (Å²) in [6.45, 7) is 0. The number of benzene rings is 1. The average molecular weight is 292 g/mol. The lowest BCUT2D eigenvalue weighted by atomic mass is 9.71. The fraction of sp³-hybridized carbons (Fsp3) is 0.500. The Morgan fingerprint density at radius 2 is 2.26 bits per heavy atom. The van der Waals surface area contributed by atoms with E-state index in [2.05, 4.69) is 29.6 Å². The van der Waals surface area contributed by atoms with Crippen LogP contribution in [0.3, 0.4) is 0 Å². The molecule has 0 amide bonds. The monoisotopic (exact) mass is 291 g/mol. The standard InChI is InChI=1S/C16H18ClNS/c17-11-4-5-16-13(9-11)14(6-7-19-16)18-15-8-10-2-1-3-12(10)15/h1,3-5,9-10,12,14-15,18H,2,6-8H2. The van der Waals surface area contributed by atoms with Gasteiger partial charge in [0.1, 0.15) is 0 Å². The molecule has 0 aromatic heterocycles. The minimum absolute atomic E-state index is 0.495. The van der Waals surface area contributed by atoms with Crippen LogP contribution in [0, 0.1) is 11.8 Å². The Bertz CT molecular complexity index is 527. The summed E-state index contributed by atoms with van der Waals surface area (Å²) in [5.41, 5.74) is 1.41. The van der Waals surface area contributed by atoms with Crippen LogP contribution in [0.5, 0.6) is 0 Å². The average Bonchev–Trinajstić information content (AvgIpc) is 2.77. The van der Waals surface area contributed by atoms with Crippen molar-refractivity contribution >= 4 is 23.4 Å². The Morgan fingerprint density at radius 1 is 1.32 bits per heavy atom. The van der Waals surface area contributed by atoms with Crippen molar-refractivity contribution in [2.24, 2.45) is 11.8 Å². The maximum Gasteiger partial charge on any atom is 0.0410 e. The third kappa shape index (κ3) is 2.14. The molecule has 4 rings (SSSR count). The topological polar surface area (TPSA) is 12.0 Å². The summed E-state index contributed by atoms with van der Waals surface area (Å²) in [5.74, 6) is 2.93. The molecule has 3 aliphatic rings. The van der Waals surface area contributed by atoms with Gasteiger partial charge in [0.05, 0.1) is 0 Å². The Balaban J connectivity index is 1.54. The first-order valence-electron chi connectivity index (χ1n) is 7.16. The molecule has 0 radical (unpaired) electrons. The van der Waals surface area contributed by atoms with E-state index in [1.165, 1.54) is 35.5 Å². The highest BCUT2D eigenvalue weighted by molar-refractivity contribution is 7.99. The molecule has 1 nitrogen and oxygen atoms in total. The van der Waals surface area contributed by atoms with Gasteiger partial charge in [-0.3, -0.25) is 0 Å². The number of hydrogen-bond donors (Lipinski definition) is 1. The van der Waals surface area contributed by atoms with E-state index in [0.717, 1.165) is 16.9 Å². The maximum absolute atomic E-state index is 6.17. The molecule has 100 valence electrons. The van der Waals surface area contributed by atoms with Crippen LogP contribution >= 0.6 is 23.4 Å². The second-order valence-corrected chi connectivity index (χ2v) is 7.46. The molecular weight excluding hydrogens is 274 g/mol. The molecular formula is C16H18ClNS. The molecule has 4 atom stereocenters. The van der Waals surface area contributed by atoms with Gasteiger partial charge in [0.15, 0.2) is 0 Å². The molecule has 0 saturated heterocycles. The molecule has 0 spiro atoms. The smallest absolute Gasteiger partial charge is 0.0410 e. The van der Waals surface area contributed by atoms with Crippen molar-refractivity contribution < 1.29 is 0 Å². The summed E-state index contributed by atoms with van der Waals surface area (Å²) in [7, 11) is 0. The van der Waals surface area contributed by atoms with Gasteiger partial charge >= 0.3 is 0 Å². The maximum atomic E-state index is 6.17. The van der Waals surface area contributed by atoms with Crippen LogP contribution in [0.25, 0.3) is 0 Å². The van der Waals surface area contributed by atoms with Crippen molar-refractivity contribution in [2.75, 3.05) is 5.75 Å². The SMILES string of the molecule is Clc1ccc2c(c1)C(NC1CC3CC=CC31)CCS2. The predicted molar refractivity (Wildman–Crippen MR) is 81.8 cm³/mol. The van der Waals surface area contributed by atoms with Gasteiger partial charge in [-0.15, -0.1) is 11.8 Å². The largest absolute Gasteiger partial charge is 0.306 e. The zero-order valence-corrected chi connectivity index (χ0v) is 12.4. The van der Waals surface area contributed by atoms with Crippen LogP contribution < -0.4 is 5.32 Å². The summed E-state index contributed by atoms with van der Waals surface area (Å²) in [6, 6.07) is 7.52. The van der Waals surface area contributed by atoms with Crippen LogP contribution in [0.2, 0.25) is 5.02 Å². The van der Waals surface area contributed by atoms with Crippen LogP contribution in [0.4, 0.5) is 0 Å². The minimum atomic E-state index is 0.495. The third-order valence-corrected chi connectivity index (χ3v) is 6.15. The Labute approximate surface area is 123 Å². The highest BCUT2D eigenvalue weighted by atomic mass is 35.5. The summed E-state index contributed by atoms with van der Waals surface area (Å²) in [6.07, 6.45) is 8.64. The molecule has 1 fully saturated rings. The van der Waals surface area contributed by atoms with Gasteiger partial charge in [-0.25, -0.2) is 0 Å². The number of hydrogen-bond acceptors (Lipinski definition) is 2. The first kappa shape index (κ1) is 12.3. The molecule has 1 N–H and O–H groups in total. The van der Waals surface area contributed by atoms with Crippen LogP contribution in [-0.4, -0.2) is 11.8 Å². The highest BCUT2D eigenvalue weighted by Crippen LogP contribution is 2.45. The van der Waals surface area contributed by atoms with Gasteiger partial charge in [-0.05, 0) is 60.6 Å². The van der Waals surface area contributed by atoms with E-state index in [-0.39, 0.29) is 0 Å². The lowest BCUT2D eigenvalue weighted by Crippen LogP contribution is -2.49. The molecule has 1 aromatic rings. The third-order valence-electron chi connectivity index (χ3n) is 4.79. The van der Waals surface area contributed by atoms with Gasteiger partial charge in [0.2, 0.25) is 0 Å². The zero-order chi connectivity index (χ0) is 12.8. The summed E-state index contributed by atoms with van der Waals surface area (Å²) < 4.78 is 0. The quantitative estimate of drug-likeness (QED) is 0.809. The normalized spacial score (nSPS) is 35.6. The minimum Gasteiger partial charge on any atom is -0.306 e. The Morgan fingerprint density at radius 3 is 3.16 bits per heavy atom. The molecule has 0 bridgehead atoms. The Kier molecular flexibility index (Phi) is 3.13. The summed E-state index contributed by atoms with van der Waals surface area (Å²) in [4.78, 5) is 1.41. The van der Waals surface area contributed by atoms with Gasteiger partial charge in [0, 0.05) is 22.0 Å². The predicted octanol–water partition coefficient (Wildman–Crippen LogP) is 4.43. The molecule has 2 aliphatic carbocycles. The van der Waals surface area contributed by atoms with E-state index in [4.69, 9.17) is 11.6 Å². The number of allylic oxidation sites excluding steroid dienone is 1. The van der Waals surface area contributed by atoms with Crippen molar-refractivity contribution in [1.29, 1.82) is 0 Å². The van der Waals surface area contributed by atoms with E-state index in [9.17, 15) is 0 Å². The van der Waals surface area contributed by atoms with Crippen molar-refractivity contribution in [3.05, 3.63) is 40.9 Å².